The van der Waals surface area contributed by atoms with Crippen LogP contribution in [0.25, 0.3) is 11.4 Å². The second-order valence-corrected chi connectivity index (χ2v) is 5.67. The molecular formula is C16H17ClN2O. The van der Waals surface area contributed by atoms with Crippen LogP contribution in [-0.2, 0) is 12.8 Å². The van der Waals surface area contributed by atoms with Crippen LogP contribution < -0.4 is 4.74 Å². The van der Waals surface area contributed by atoms with Gasteiger partial charge in [-0.1, -0.05) is 11.6 Å². The van der Waals surface area contributed by atoms with E-state index in [1.807, 2.05) is 38.1 Å². The van der Waals surface area contributed by atoms with Gasteiger partial charge in [0.25, 0.3) is 0 Å². The highest BCUT2D eigenvalue weighted by Gasteiger charge is 2.18. The summed E-state index contributed by atoms with van der Waals surface area (Å²) in [7, 11) is 0. The van der Waals surface area contributed by atoms with E-state index in [1.165, 1.54) is 0 Å². The molecule has 20 heavy (non-hydrogen) atoms. The highest BCUT2D eigenvalue weighted by molar-refractivity contribution is 6.30. The second kappa shape index (κ2) is 5.41. The van der Waals surface area contributed by atoms with Crippen LogP contribution in [-0.4, -0.2) is 16.1 Å². The van der Waals surface area contributed by atoms with E-state index in [4.69, 9.17) is 16.3 Å². The fraction of sp³-hybridized carbons (Fsp3) is 0.375. The first-order chi connectivity index (χ1) is 9.63. The molecule has 0 unspecified atom stereocenters. The third-order valence-electron chi connectivity index (χ3n) is 3.37. The van der Waals surface area contributed by atoms with Crippen molar-refractivity contribution in [2.45, 2.75) is 39.2 Å². The Labute approximate surface area is 124 Å². The normalized spacial score (nSPS) is 13.6. The maximum Gasteiger partial charge on any atom is 0.161 e. The molecule has 0 amide bonds. The number of fused-ring (bicyclic) bond motifs is 1. The molecule has 0 N–H and O–H groups in total. The minimum atomic E-state index is 0.173. The number of ether oxygens (including phenoxy) is 1. The van der Waals surface area contributed by atoms with Crippen molar-refractivity contribution < 1.29 is 4.74 Å². The number of aromatic nitrogens is 2. The summed E-state index contributed by atoms with van der Waals surface area (Å²) in [6, 6.07) is 7.84. The van der Waals surface area contributed by atoms with Gasteiger partial charge >= 0.3 is 0 Å². The first kappa shape index (κ1) is 13.4. The Morgan fingerprint density at radius 2 is 1.85 bits per heavy atom. The fourth-order valence-corrected chi connectivity index (χ4v) is 2.75. The van der Waals surface area contributed by atoms with E-state index in [0.717, 1.165) is 41.8 Å². The van der Waals surface area contributed by atoms with E-state index in [1.54, 1.807) is 0 Å². The molecule has 0 radical (unpaired) electrons. The molecule has 1 aromatic heterocycles. The summed E-state index contributed by atoms with van der Waals surface area (Å²) < 4.78 is 5.64. The van der Waals surface area contributed by atoms with Crippen molar-refractivity contribution in [2.24, 2.45) is 0 Å². The molecule has 0 bridgehead atoms. The molecule has 1 heterocycles. The number of hydrogen-bond donors (Lipinski definition) is 0. The zero-order valence-electron chi connectivity index (χ0n) is 11.7. The van der Waals surface area contributed by atoms with Crippen molar-refractivity contribution in [1.82, 2.24) is 9.97 Å². The van der Waals surface area contributed by atoms with Gasteiger partial charge in [-0.25, -0.2) is 9.97 Å². The number of rotatable bonds is 3. The summed E-state index contributed by atoms with van der Waals surface area (Å²) in [5.74, 6) is 1.56. The molecule has 1 aromatic carbocycles. The van der Waals surface area contributed by atoms with Gasteiger partial charge in [-0.3, -0.25) is 0 Å². The summed E-state index contributed by atoms with van der Waals surface area (Å²) in [5, 5.41) is 0.602. The van der Waals surface area contributed by atoms with Gasteiger partial charge in [-0.15, -0.1) is 0 Å². The molecule has 0 atom stereocenters. The lowest BCUT2D eigenvalue weighted by Crippen LogP contribution is -2.05. The Hall–Kier alpha value is -1.61. The Morgan fingerprint density at radius 3 is 2.55 bits per heavy atom. The third-order valence-corrected chi connectivity index (χ3v) is 3.68. The quantitative estimate of drug-likeness (QED) is 0.799. The number of halogens is 1. The average Bonchev–Trinajstić information content (AvgIpc) is 2.87. The first-order valence-corrected chi connectivity index (χ1v) is 7.33. The molecule has 104 valence electrons. The third kappa shape index (κ3) is 2.63. The number of aryl methyl sites for hydroxylation is 1. The van der Waals surface area contributed by atoms with Crippen LogP contribution in [0.5, 0.6) is 5.75 Å². The molecule has 1 aliphatic carbocycles. The predicted octanol–water partition coefficient (Wildman–Crippen LogP) is 4.07. The van der Waals surface area contributed by atoms with Crippen molar-refractivity contribution in [2.75, 3.05) is 0 Å². The Bertz CT molecular complexity index is 623. The monoisotopic (exact) mass is 288 g/mol. The number of benzene rings is 1. The summed E-state index contributed by atoms with van der Waals surface area (Å²) in [4.78, 5) is 9.06. The summed E-state index contributed by atoms with van der Waals surface area (Å²) >= 11 is 6.25. The molecule has 0 fully saturated rings. The molecule has 2 aromatic rings. The zero-order valence-corrected chi connectivity index (χ0v) is 12.4. The van der Waals surface area contributed by atoms with Crippen LogP contribution >= 0.6 is 11.6 Å². The van der Waals surface area contributed by atoms with Crippen molar-refractivity contribution in [3.63, 3.8) is 0 Å². The van der Waals surface area contributed by atoms with Crippen LogP contribution in [0.4, 0.5) is 0 Å². The van der Waals surface area contributed by atoms with E-state index in [0.29, 0.717) is 11.0 Å². The molecule has 3 nitrogen and oxygen atoms in total. The van der Waals surface area contributed by atoms with Gasteiger partial charge in [0.1, 0.15) is 10.9 Å². The van der Waals surface area contributed by atoms with Gasteiger partial charge in [0.2, 0.25) is 0 Å². The van der Waals surface area contributed by atoms with E-state index < -0.39 is 0 Å². The molecule has 4 heteroatoms. The maximum absolute atomic E-state index is 6.25. The van der Waals surface area contributed by atoms with Gasteiger partial charge in [0.15, 0.2) is 5.82 Å². The molecule has 0 spiro atoms. The largest absolute Gasteiger partial charge is 0.491 e. The van der Waals surface area contributed by atoms with Crippen molar-refractivity contribution in [3.05, 3.63) is 40.7 Å². The number of nitrogens with zero attached hydrogens (tertiary/aromatic N) is 2. The lowest BCUT2D eigenvalue weighted by Gasteiger charge is -2.10. The molecule has 0 saturated heterocycles. The summed E-state index contributed by atoms with van der Waals surface area (Å²) in [6.45, 7) is 4.02. The minimum Gasteiger partial charge on any atom is -0.491 e. The van der Waals surface area contributed by atoms with Crippen molar-refractivity contribution in [1.29, 1.82) is 0 Å². The average molecular weight is 289 g/mol. The summed E-state index contributed by atoms with van der Waals surface area (Å²) in [6.07, 6.45) is 3.29. The van der Waals surface area contributed by atoms with E-state index in [2.05, 4.69) is 9.97 Å². The Balaban J connectivity index is 1.91. The Morgan fingerprint density at radius 1 is 1.10 bits per heavy atom. The van der Waals surface area contributed by atoms with Crippen molar-refractivity contribution in [3.8, 4) is 17.1 Å². The van der Waals surface area contributed by atoms with E-state index >= 15 is 0 Å². The molecule has 1 aliphatic rings. The fourth-order valence-electron chi connectivity index (χ4n) is 2.47. The van der Waals surface area contributed by atoms with Crippen LogP contribution in [0.15, 0.2) is 24.3 Å². The lowest BCUT2D eigenvalue weighted by atomic mass is 10.2. The van der Waals surface area contributed by atoms with Crippen LogP contribution in [0, 0.1) is 0 Å². The SMILES string of the molecule is CC(C)Oc1ccc(-c2nc(Cl)c3c(n2)CCC3)cc1. The summed E-state index contributed by atoms with van der Waals surface area (Å²) in [5.41, 5.74) is 3.19. The van der Waals surface area contributed by atoms with E-state index in [-0.39, 0.29) is 6.10 Å². The number of hydrogen-bond acceptors (Lipinski definition) is 3. The van der Waals surface area contributed by atoms with Gasteiger partial charge < -0.3 is 4.74 Å². The highest BCUT2D eigenvalue weighted by atomic mass is 35.5. The lowest BCUT2D eigenvalue weighted by molar-refractivity contribution is 0.242. The van der Waals surface area contributed by atoms with Crippen LogP contribution in [0.1, 0.15) is 31.5 Å². The topological polar surface area (TPSA) is 35.0 Å². The smallest absolute Gasteiger partial charge is 0.161 e. The van der Waals surface area contributed by atoms with E-state index in [9.17, 15) is 0 Å². The van der Waals surface area contributed by atoms with Crippen LogP contribution in [0.3, 0.4) is 0 Å². The molecule has 0 saturated carbocycles. The van der Waals surface area contributed by atoms with Crippen LogP contribution in [0.2, 0.25) is 5.15 Å². The Kier molecular flexibility index (Phi) is 3.62. The second-order valence-electron chi connectivity index (χ2n) is 5.31. The van der Waals surface area contributed by atoms with Gasteiger partial charge in [0, 0.05) is 16.8 Å². The van der Waals surface area contributed by atoms with Crippen molar-refractivity contribution >= 4 is 11.6 Å². The molecule has 0 aliphatic heterocycles. The molecular weight excluding hydrogens is 272 g/mol. The zero-order chi connectivity index (χ0) is 14.1. The standard InChI is InChI=1S/C16H17ClN2O/c1-10(2)20-12-8-6-11(7-9-12)16-18-14-5-3-4-13(14)15(17)19-16/h6-10H,3-5H2,1-2H3. The predicted molar refractivity (Wildman–Crippen MR) is 80.3 cm³/mol. The maximum atomic E-state index is 6.25. The molecule has 3 rings (SSSR count). The first-order valence-electron chi connectivity index (χ1n) is 6.96. The van der Waals surface area contributed by atoms with Gasteiger partial charge in [-0.05, 0) is 57.4 Å². The van der Waals surface area contributed by atoms with Gasteiger partial charge in [0.05, 0.1) is 6.10 Å². The van der Waals surface area contributed by atoms with Gasteiger partial charge in [-0.2, -0.15) is 0 Å². The highest BCUT2D eigenvalue weighted by Crippen LogP contribution is 2.29. The minimum absolute atomic E-state index is 0.173.